The molecule has 0 rings (SSSR count). The van der Waals surface area contributed by atoms with Gasteiger partial charge in [-0.15, -0.1) is 0 Å². The molecule has 0 spiro atoms. The van der Waals surface area contributed by atoms with Crippen LogP contribution in [-0.4, -0.2) is 11.7 Å². The summed E-state index contributed by atoms with van der Waals surface area (Å²) < 4.78 is 1.10. The molecule has 1 N–H and O–H groups in total. The summed E-state index contributed by atoms with van der Waals surface area (Å²) in [5, 5.41) is 9.19. The zero-order chi connectivity index (χ0) is 10.5. The highest BCUT2D eigenvalue weighted by atomic mass is 79.9. The van der Waals surface area contributed by atoms with E-state index in [0.29, 0.717) is 0 Å². The van der Waals surface area contributed by atoms with E-state index < -0.39 is 0 Å². The molecule has 13 heavy (non-hydrogen) atoms. The van der Waals surface area contributed by atoms with Crippen molar-refractivity contribution in [1.82, 2.24) is 0 Å². The average molecular weight is 247 g/mol. The monoisotopic (exact) mass is 246 g/mol. The minimum Gasteiger partial charge on any atom is -0.395 e. The molecule has 0 saturated heterocycles. The maximum absolute atomic E-state index is 9.19. The van der Waals surface area contributed by atoms with Crippen molar-refractivity contribution in [1.29, 1.82) is 0 Å². The van der Waals surface area contributed by atoms with Crippen LogP contribution in [-0.2, 0) is 0 Å². The van der Waals surface area contributed by atoms with Crippen LogP contribution in [0.5, 0.6) is 0 Å². The van der Waals surface area contributed by atoms with E-state index >= 15 is 0 Å². The van der Waals surface area contributed by atoms with E-state index in [1.165, 1.54) is 5.57 Å². The summed E-state index contributed by atoms with van der Waals surface area (Å²) in [5.41, 5.74) is 1.17. The average Bonchev–Trinajstić information content (AvgIpc) is 2.04. The summed E-state index contributed by atoms with van der Waals surface area (Å²) in [6.45, 7) is 8.41. The molecule has 0 radical (unpaired) electrons. The molecule has 0 atom stereocenters. The largest absolute Gasteiger partial charge is 0.395 e. The van der Waals surface area contributed by atoms with E-state index in [1.807, 2.05) is 13.0 Å². The fraction of sp³-hybridized carbons (Fsp3) is 0.636. The van der Waals surface area contributed by atoms with Crippen LogP contribution in [0.25, 0.3) is 0 Å². The van der Waals surface area contributed by atoms with Gasteiger partial charge in [0.2, 0.25) is 0 Å². The van der Waals surface area contributed by atoms with Crippen molar-refractivity contribution in [3.05, 3.63) is 22.2 Å². The van der Waals surface area contributed by atoms with Crippen LogP contribution in [0.15, 0.2) is 22.2 Å². The van der Waals surface area contributed by atoms with Gasteiger partial charge in [-0.25, -0.2) is 0 Å². The van der Waals surface area contributed by atoms with Crippen LogP contribution in [0.3, 0.4) is 0 Å². The summed E-state index contributed by atoms with van der Waals surface area (Å²) in [5.74, 6) is 0. The van der Waals surface area contributed by atoms with Gasteiger partial charge in [0.05, 0.1) is 6.61 Å². The molecular formula is C11H19BrO. The summed E-state index contributed by atoms with van der Waals surface area (Å²) in [6, 6.07) is 0. The topological polar surface area (TPSA) is 20.2 Å². The molecule has 0 aliphatic rings. The molecule has 0 amide bonds. The lowest BCUT2D eigenvalue weighted by molar-refractivity contribution is 0.187. The van der Waals surface area contributed by atoms with Gasteiger partial charge in [-0.3, -0.25) is 0 Å². The molecule has 0 aromatic carbocycles. The third kappa shape index (κ3) is 4.63. The molecule has 0 aliphatic carbocycles. The second-order valence-electron chi connectivity index (χ2n) is 3.84. The first-order valence-corrected chi connectivity index (χ1v) is 5.37. The van der Waals surface area contributed by atoms with Gasteiger partial charge in [0.15, 0.2) is 0 Å². The predicted molar refractivity (Wildman–Crippen MR) is 61.9 cm³/mol. The number of hydrogen-bond donors (Lipinski definition) is 1. The molecule has 0 heterocycles. The van der Waals surface area contributed by atoms with Crippen LogP contribution < -0.4 is 0 Å². The van der Waals surface area contributed by atoms with Crippen LogP contribution in [0.4, 0.5) is 0 Å². The fourth-order valence-corrected chi connectivity index (χ4v) is 1.27. The van der Waals surface area contributed by atoms with Gasteiger partial charge < -0.3 is 5.11 Å². The fourth-order valence-electron chi connectivity index (χ4n) is 1.14. The van der Waals surface area contributed by atoms with Crippen LogP contribution in [0.2, 0.25) is 0 Å². The lowest BCUT2D eigenvalue weighted by Gasteiger charge is -2.24. The van der Waals surface area contributed by atoms with E-state index in [0.717, 1.165) is 10.9 Å². The van der Waals surface area contributed by atoms with Crippen molar-refractivity contribution in [3.63, 3.8) is 0 Å². The normalized spacial score (nSPS) is 14.9. The lowest BCUT2D eigenvalue weighted by atomic mass is 9.83. The molecule has 0 unspecified atom stereocenters. The third-order valence-electron chi connectivity index (χ3n) is 2.16. The van der Waals surface area contributed by atoms with Gasteiger partial charge in [0.1, 0.15) is 0 Å². The summed E-state index contributed by atoms with van der Waals surface area (Å²) in [7, 11) is 0. The van der Waals surface area contributed by atoms with E-state index in [4.69, 9.17) is 0 Å². The van der Waals surface area contributed by atoms with Gasteiger partial charge in [0, 0.05) is 5.41 Å². The second kappa shape index (κ2) is 5.61. The number of allylic oxidation sites excluding steroid dienone is 3. The van der Waals surface area contributed by atoms with E-state index in [-0.39, 0.29) is 12.0 Å². The maximum atomic E-state index is 9.19. The van der Waals surface area contributed by atoms with Crippen LogP contribution in [0.1, 0.15) is 34.1 Å². The Hall–Kier alpha value is -0.0800. The smallest absolute Gasteiger partial charge is 0.0519 e. The van der Waals surface area contributed by atoms with Gasteiger partial charge in [-0.2, -0.15) is 0 Å². The highest BCUT2D eigenvalue weighted by molar-refractivity contribution is 9.11. The SMILES string of the molecule is CCC(=CC=C(C)Br)C(C)(C)CO. The van der Waals surface area contributed by atoms with Crippen molar-refractivity contribution >= 4 is 15.9 Å². The molecule has 0 aliphatic heterocycles. The second-order valence-corrected chi connectivity index (χ2v) is 5.09. The van der Waals surface area contributed by atoms with E-state index in [1.54, 1.807) is 0 Å². The minimum atomic E-state index is -0.103. The van der Waals surface area contributed by atoms with Crippen LogP contribution >= 0.6 is 15.9 Å². The predicted octanol–water partition coefficient (Wildman–Crippen LogP) is 3.64. The number of rotatable bonds is 4. The molecular weight excluding hydrogens is 228 g/mol. The summed E-state index contributed by atoms with van der Waals surface area (Å²) in [6.07, 6.45) is 5.08. The van der Waals surface area contributed by atoms with Crippen molar-refractivity contribution in [3.8, 4) is 0 Å². The van der Waals surface area contributed by atoms with Crippen molar-refractivity contribution < 1.29 is 5.11 Å². The third-order valence-corrected chi connectivity index (χ3v) is 2.42. The first kappa shape index (κ1) is 12.9. The van der Waals surface area contributed by atoms with Crippen LogP contribution in [0, 0.1) is 5.41 Å². The molecule has 0 fully saturated rings. The first-order valence-electron chi connectivity index (χ1n) is 4.58. The maximum Gasteiger partial charge on any atom is 0.0519 e. The molecule has 2 heteroatoms. The Labute approximate surface area is 89.7 Å². The van der Waals surface area contributed by atoms with E-state index in [9.17, 15) is 5.11 Å². The molecule has 1 nitrogen and oxygen atoms in total. The molecule has 0 saturated carbocycles. The minimum absolute atomic E-state index is 0.103. The van der Waals surface area contributed by atoms with Crippen molar-refractivity contribution in [2.24, 2.45) is 5.41 Å². The Morgan fingerprint density at radius 1 is 1.38 bits per heavy atom. The highest BCUT2D eigenvalue weighted by Gasteiger charge is 2.19. The summed E-state index contributed by atoms with van der Waals surface area (Å²) in [4.78, 5) is 0. The highest BCUT2D eigenvalue weighted by Crippen LogP contribution is 2.28. The first-order chi connectivity index (χ1) is 5.94. The summed E-state index contributed by atoms with van der Waals surface area (Å²) >= 11 is 3.37. The quantitative estimate of drug-likeness (QED) is 0.752. The molecule has 76 valence electrons. The Balaban J connectivity index is 4.69. The number of aliphatic hydroxyl groups excluding tert-OH is 1. The van der Waals surface area contributed by atoms with Gasteiger partial charge >= 0.3 is 0 Å². The van der Waals surface area contributed by atoms with Gasteiger partial charge in [-0.05, 0) is 17.8 Å². The zero-order valence-corrected chi connectivity index (χ0v) is 10.5. The standard InChI is InChI=1S/C11H19BrO/c1-5-10(7-6-9(2)12)11(3,4)8-13/h6-7,13H,5,8H2,1-4H3. The zero-order valence-electron chi connectivity index (χ0n) is 8.89. The van der Waals surface area contributed by atoms with Crippen molar-refractivity contribution in [2.75, 3.05) is 6.61 Å². The van der Waals surface area contributed by atoms with Gasteiger partial charge in [0.25, 0.3) is 0 Å². The molecule has 0 aromatic heterocycles. The van der Waals surface area contributed by atoms with Gasteiger partial charge in [-0.1, -0.05) is 54.4 Å². The number of halogens is 1. The number of hydrogen-bond acceptors (Lipinski definition) is 1. The van der Waals surface area contributed by atoms with E-state index in [2.05, 4.69) is 42.8 Å². The lowest BCUT2D eigenvalue weighted by Crippen LogP contribution is -2.19. The molecule has 0 aromatic rings. The number of aliphatic hydroxyl groups is 1. The molecule has 0 bridgehead atoms. The Morgan fingerprint density at radius 3 is 2.23 bits per heavy atom. The Bertz CT molecular complexity index is 210. The Morgan fingerprint density at radius 2 is 1.92 bits per heavy atom. The Kier molecular flexibility index (Phi) is 5.57. The van der Waals surface area contributed by atoms with Crippen molar-refractivity contribution in [2.45, 2.75) is 34.1 Å².